The van der Waals surface area contributed by atoms with Crippen LogP contribution in [0.4, 0.5) is 43.5 Å². The fourth-order valence-electron chi connectivity index (χ4n) is 4.24. The summed E-state index contributed by atoms with van der Waals surface area (Å²) < 4.78 is 88.5. The van der Waals surface area contributed by atoms with E-state index in [0.717, 1.165) is 12.1 Å². The molecule has 0 saturated carbocycles. The van der Waals surface area contributed by atoms with E-state index in [1.165, 1.54) is 47.3 Å². The van der Waals surface area contributed by atoms with Gasteiger partial charge in [0.25, 0.3) is 5.91 Å². The predicted molar refractivity (Wildman–Crippen MR) is 135 cm³/mol. The number of pyridine rings is 2. The highest BCUT2D eigenvalue weighted by Crippen LogP contribution is 2.41. The van der Waals surface area contributed by atoms with Crippen LogP contribution in [0, 0.1) is 0 Å². The van der Waals surface area contributed by atoms with Crippen LogP contribution in [-0.4, -0.2) is 36.0 Å². The van der Waals surface area contributed by atoms with Gasteiger partial charge in [-0.05, 0) is 42.3 Å². The van der Waals surface area contributed by atoms with E-state index in [9.17, 15) is 31.1 Å². The number of halogens is 6. The fraction of sp³-hybridized carbons (Fsp3) is 0.222. The Labute approximate surface area is 225 Å². The molecular weight excluding hydrogens is 542 g/mol. The van der Waals surface area contributed by atoms with Crippen molar-refractivity contribution < 1.29 is 40.6 Å². The predicted octanol–water partition coefficient (Wildman–Crippen LogP) is 6.62. The van der Waals surface area contributed by atoms with Gasteiger partial charge in [-0.3, -0.25) is 9.69 Å². The van der Waals surface area contributed by atoms with E-state index >= 15 is 0 Å². The van der Waals surface area contributed by atoms with Crippen molar-refractivity contribution in [3.05, 3.63) is 90.3 Å². The van der Waals surface area contributed by atoms with E-state index in [-0.39, 0.29) is 48.1 Å². The van der Waals surface area contributed by atoms with Gasteiger partial charge in [0.15, 0.2) is 0 Å². The molecule has 1 amide bonds. The van der Waals surface area contributed by atoms with Crippen LogP contribution < -0.4 is 19.3 Å². The second kappa shape index (κ2) is 10.9. The summed E-state index contributed by atoms with van der Waals surface area (Å²) in [6.07, 6.45) is -5.86. The number of alkyl halides is 6. The largest absolute Gasteiger partial charge is 0.573 e. The molecule has 0 spiro atoms. The molecule has 0 fully saturated rings. The van der Waals surface area contributed by atoms with Gasteiger partial charge in [0, 0.05) is 24.4 Å². The van der Waals surface area contributed by atoms with E-state index in [0.29, 0.717) is 23.5 Å². The van der Waals surface area contributed by atoms with Crippen LogP contribution in [0.15, 0.2) is 67.9 Å². The van der Waals surface area contributed by atoms with Crippen molar-refractivity contribution in [3.63, 3.8) is 0 Å². The Morgan fingerprint density at radius 1 is 0.975 bits per heavy atom. The van der Waals surface area contributed by atoms with Crippen LogP contribution >= 0.6 is 0 Å². The van der Waals surface area contributed by atoms with Gasteiger partial charge in [0.2, 0.25) is 5.88 Å². The van der Waals surface area contributed by atoms with Gasteiger partial charge in [-0.15, -0.1) is 26.3 Å². The minimum Gasteiger partial charge on any atom is -0.481 e. The quantitative estimate of drug-likeness (QED) is 0.227. The molecule has 1 aliphatic heterocycles. The van der Waals surface area contributed by atoms with Crippen molar-refractivity contribution in [3.8, 4) is 11.6 Å². The Hall–Kier alpha value is -4.55. The molecule has 13 heteroatoms. The van der Waals surface area contributed by atoms with E-state index in [1.54, 1.807) is 0 Å². The number of benzene rings is 1. The number of carbonyl (C=O) groups is 1. The normalized spacial score (nSPS) is 13.6. The van der Waals surface area contributed by atoms with Gasteiger partial charge in [0.1, 0.15) is 18.2 Å². The first kappa shape index (κ1) is 28.5. The fourth-order valence-corrected chi connectivity index (χ4v) is 4.24. The minimum absolute atomic E-state index is 0.0800. The van der Waals surface area contributed by atoms with Crippen molar-refractivity contribution in [1.82, 2.24) is 9.97 Å². The second-order valence-corrected chi connectivity index (χ2v) is 8.54. The number of rotatable bonds is 8. The number of fused-ring (bicyclic) bond motifs is 1. The topological polar surface area (TPSA) is 67.8 Å². The number of anilines is 3. The molecule has 1 aliphatic rings. The van der Waals surface area contributed by atoms with Crippen molar-refractivity contribution in [2.24, 2.45) is 0 Å². The zero-order valence-corrected chi connectivity index (χ0v) is 21.0. The van der Waals surface area contributed by atoms with Gasteiger partial charge in [-0.2, -0.15) is 13.2 Å². The molecule has 40 heavy (non-hydrogen) atoms. The summed E-state index contributed by atoms with van der Waals surface area (Å²) in [6.45, 7) is 7.08. The molecule has 3 heterocycles. The molecule has 0 aliphatic carbocycles. The Balaban J connectivity index is 1.92. The summed E-state index contributed by atoms with van der Waals surface area (Å²) in [7, 11) is 1.40. The Kier molecular flexibility index (Phi) is 7.76. The maximum Gasteiger partial charge on any atom is 0.573 e. The number of hydrogen-bond donors (Lipinski definition) is 0. The van der Waals surface area contributed by atoms with Gasteiger partial charge in [-0.25, -0.2) is 9.97 Å². The highest BCUT2D eigenvalue weighted by atomic mass is 19.4. The molecule has 2 aromatic heterocycles. The summed E-state index contributed by atoms with van der Waals surface area (Å²) in [5.41, 5.74) is -0.264. The molecule has 7 nitrogen and oxygen atoms in total. The molecule has 0 unspecified atom stereocenters. The molecule has 0 radical (unpaired) electrons. The summed E-state index contributed by atoms with van der Waals surface area (Å²) in [5, 5.41) is 0. The van der Waals surface area contributed by atoms with E-state index in [1.807, 2.05) is 0 Å². The standard InChI is InChI=1S/C27H22F6N4O3/c1-4-6-16-12-18(40-27(31,32)33)8-9-21(16)36-15-37(22-10-11-23(39-3)35-20(22)7-5-2)25(38)19-13-17(26(28,29)30)14-34-24(19)36/h4-5,8-14H,1-2,6-7,15H2,3H3. The Morgan fingerprint density at radius 2 is 1.68 bits per heavy atom. The van der Waals surface area contributed by atoms with Crippen LogP contribution in [0.2, 0.25) is 0 Å². The third kappa shape index (κ3) is 5.87. The van der Waals surface area contributed by atoms with Crippen LogP contribution in [0.25, 0.3) is 0 Å². The zero-order valence-electron chi connectivity index (χ0n) is 21.0. The van der Waals surface area contributed by atoms with E-state index < -0.39 is 29.8 Å². The van der Waals surface area contributed by atoms with Crippen molar-refractivity contribution in [2.45, 2.75) is 25.4 Å². The number of ether oxygens (including phenoxy) is 2. The first-order chi connectivity index (χ1) is 18.9. The SMILES string of the molecule is C=CCc1cc(OC(F)(F)F)ccc1N1CN(c2ccc(OC)nc2CC=C)C(=O)c2cc(C(F)(F)F)cnc21. The van der Waals surface area contributed by atoms with Crippen molar-refractivity contribution in [2.75, 3.05) is 23.6 Å². The average Bonchev–Trinajstić information content (AvgIpc) is 2.88. The first-order valence-corrected chi connectivity index (χ1v) is 11.7. The number of hydrogen-bond acceptors (Lipinski definition) is 6. The molecule has 1 aromatic carbocycles. The minimum atomic E-state index is -4.94. The number of amides is 1. The lowest BCUT2D eigenvalue weighted by atomic mass is 10.0. The van der Waals surface area contributed by atoms with Crippen LogP contribution in [0.3, 0.4) is 0 Å². The first-order valence-electron chi connectivity index (χ1n) is 11.7. The number of carbonyl (C=O) groups excluding carboxylic acids is 1. The van der Waals surface area contributed by atoms with Gasteiger partial charge < -0.3 is 14.4 Å². The summed E-state index contributed by atoms with van der Waals surface area (Å²) >= 11 is 0. The van der Waals surface area contributed by atoms with Crippen LogP contribution in [-0.2, 0) is 19.0 Å². The lowest BCUT2D eigenvalue weighted by molar-refractivity contribution is -0.274. The van der Waals surface area contributed by atoms with Crippen molar-refractivity contribution in [1.29, 1.82) is 0 Å². The Bertz CT molecular complexity index is 1460. The van der Waals surface area contributed by atoms with Crippen molar-refractivity contribution >= 4 is 23.1 Å². The molecule has 0 saturated heterocycles. The summed E-state index contributed by atoms with van der Waals surface area (Å²) in [4.78, 5) is 24.6. The molecule has 3 aromatic rings. The molecular formula is C27H22F6N4O3. The smallest absolute Gasteiger partial charge is 0.481 e. The third-order valence-electron chi connectivity index (χ3n) is 5.91. The summed E-state index contributed by atoms with van der Waals surface area (Å²) in [6, 6.07) is 7.25. The van der Waals surface area contributed by atoms with Crippen LogP contribution in [0.1, 0.15) is 27.2 Å². The maximum atomic E-state index is 13.7. The lowest BCUT2D eigenvalue weighted by Crippen LogP contribution is -2.46. The molecule has 0 bridgehead atoms. The van der Waals surface area contributed by atoms with Gasteiger partial charge >= 0.3 is 12.5 Å². The molecule has 210 valence electrons. The number of allylic oxidation sites excluding steroid dienone is 2. The Morgan fingerprint density at radius 3 is 2.30 bits per heavy atom. The zero-order chi connectivity index (χ0) is 29.2. The molecule has 0 N–H and O–H groups in total. The number of methoxy groups -OCH3 is 1. The number of aromatic nitrogens is 2. The van der Waals surface area contributed by atoms with Gasteiger partial charge in [0.05, 0.1) is 29.6 Å². The lowest BCUT2D eigenvalue weighted by Gasteiger charge is -2.38. The molecule has 4 rings (SSSR count). The van der Waals surface area contributed by atoms with Crippen LogP contribution in [0.5, 0.6) is 11.6 Å². The average molecular weight is 564 g/mol. The van der Waals surface area contributed by atoms with E-state index in [2.05, 4.69) is 27.9 Å². The van der Waals surface area contributed by atoms with E-state index in [4.69, 9.17) is 4.74 Å². The third-order valence-corrected chi connectivity index (χ3v) is 5.91. The highest BCUT2D eigenvalue weighted by molar-refractivity contribution is 6.12. The monoisotopic (exact) mass is 564 g/mol. The van der Waals surface area contributed by atoms with Gasteiger partial charge in [-0.1, -0.05) is 12.2 Å². The maximum absolute atomic E-state index is 13.7. The highest BCUT2D eigenvalue weighted by Gasteiger charge is 2.39. The second-order valence-electron chi connectivity index (χ2n) is 8.54. The summed E-state index contributed by atoms with van der Waals surface area (Å²) in [5.74, 6) is -1.12. The molecule has 0 atom stereocenters. The number of nitrogens with zero attached hydrogens (tertiary/aromatic N) is 4.